The Balaban J connectivity index is 1.86. The number of ether oxygens (including phenoxy) is 1. The summed E-state index contributed by atoms with van der Waals surface area (Å²) in [4.78, 5) is 14.7. The average Bonchev–Trinajstić information content (AvgIpc) is 2.58. The highest BCUT2D eigenvalue weighted by Crippen LogP contribution is 2.30. The number of carbonyl (C=O) groups is 1. The van der Waals surface area contributed by atoms with Gasteiger partial charge in [-0.25, -0.2) is 0 Å². The fourth-order valence-corrected chi connectivity index (χ4v) is 2.99. The maximum atomic E-state index is 12.4. The second kappa shape index (κ2) is 7.11. The number of benzene rings is 2. The highest BCUT2D eigenvalue weighted by molar-refractivity contribution is 6.31. The Bertz CT molecular complexity index is 758. The van der Waals surface area contributed by atoms with Gasteiger partial charge in [-0.1, -0.05) is 17.7 Å². The molecule has 1 amide bonds. The quantitative estimate of drug-likeness (QED) is 0.837. The molecule has 24 heavy (non-hydrogen) atoms. The highest BCUT2D eigenvalue weighted by atomic mass is 35.5. The number of hydrogen-bond donors (Lipinski definition) is 2. The maximum Gasteiger partial charge on any atom is 0.255 e. The summed E-state index contributed by atoms with van der Waals surface area (Å²) in [5, 5.41) is 3.40. The van der Waals surface area contributed by atoms with E-state index in [0.717, 1.165) is 24.3 Å². The summed E-state index contributed by atoms with van der Waals surface area (Å²) in [5.74, 6) is -0.235. The molecule has 0 bridgehead atoms. The molecular formula is C18H20ClN3O2. The maximum absolute atomic E-state index is 12.4. The number of halogens is 1. The Morgan fingerprint density at radius 1 is 1.25 bits per heavy atom. The number of anilines is 3. The predicted molar refractivity (Wildman–Crippen MR) is 98.0 cm³/mol. The number of hydrogen-bond acceptors (Lipinski definition) is 4. The lowest BCUT2D eigenvalue weighted by atomic mass is 10.1. The van der Waals surface area contributed by atoms with Crippen molar-refractivity contribution in [2.75, 3.05) is 42.3 Å². The fraction of sp³-hybridized carbons (Fsp3) is 0.278. The molecule has 1 fully saturated rings. The average molecular weight is 346 g/mol. The number of nitrogens with zero attached hydrogens (tertiary/aromatic N) is 1. The molecule has 2 aromatic carbocycles. The zero-order chi connectivity index (χ0) is 17.1. The van der Waals surface area contributed by atoms with Crippen molar-refractivity contribution in [3.63, 3.8) is 0 Å². The van der Waals surface area contributed by atoms with Gasteiger partial charge in [0.05, 0.1) is 24.6 Å². The summed E-state index contributed by atoms with van der Waals surface area (Å²) < 4.78 is 5.40. The van der Waals surface area contributed by atoms with Crippen LogP contribution in [0, 0.1) is 6.92 Å². The van der Waals surface area contributed by atoms with E-state index in [0.29, 0.717) is 35.2 Å². The van der Waals surface area contributed by atoms with Gasteiger partial charge in [0.15, 0.2) is 0 Å². The van der Waals surface area contributed by atoms with Gasteiger partial charge >= 0.3 is 0 Å². The topological polar surface area (TPSA) is 67.6 Å². The van der Waals surface area contributed by atoms with Crippen molar-refractivity contribution in [3.8, 4) is 0 Å². The first-order valence-corrected chi connectivity index (χ1v) is 8.22. The molecule has 126 valence electrons. The molecular weight excluding hydrogens is 326 g/mol. The zero-order valence-corrected chi connectivity index (χ0v) is 14.3. The van der Waals surface area contributed by atoms with E-state index in [1.54, 1.807) is 24.3 Å². The van der Waals surface area contributed by atoms with Crippen molar-refractivity contribution < 1.29 is 9.53 Å². The molecule has 0 aromatic heterocycles. The number of carbonyl (C=O) groups excluding carboxylic acids is 1. The molecule has 1 heterocycles. The van der Waals surface area contributed by atoms with E-state index in [2.05, 4.69) is 10.2 Å². The summed E-state index contributed by atoms with van der Waals surface area (Å²) in [7, 11) is 0. The second-order valence-electron chi connectivity index (χ2n) is 5.79. The minimum Gasteiger partial charge on any atom is -0.397 e. The number of amides is 1. The van der Waals surface area contributed by atoms with Gasteiger partial charge in [0.2, 0.25) is 0 Å². The van der Waals surface area contributed by atoms with E-state index in [-0.39, 0.29) is 5.91 Å². The summed E-state index contributed by atoms with van der Waals surface area (Å²) in [6.07, 6.45) is 0. The Kier molecular flexibility index (Phi) is 4.92. The van der Waals surface area contributed by atoms with E-state index >= 15 is 0 Å². The molecule has 1 saturated heterocycles. The molecule has 0 radical (unpaired) electrons. The van der Waals surface area contributed by atoms with Gasteiger partial charge in [-0.15, -0.1) is 0 Å². The normalized spacial score (nSPS) is 14.5. The molecule has 1 aliphatic rings. The van der Waals surface area contributed by atoms with Gasteiger partial charge in [-0.2, -0.15) is 0 Å². The molecule has 1 aliphatic heterocycles. The van der Waals surface area contributed by atoms with Crippen molar-refractivity contribution in [2.24, 2.45) is 0 Å². The van der Waals surface area contributed by atoms with Crippen LogP contribution in [0.5, 0.6) is 0 Å². The standard InChI is InChI=1S/C18H20ClN3O2/c1-12-9-15(20)16(11-17(12)22-5-7-24-8-6-22)21-18(23)13-3-2-4-14(19)10-13/h2-4,9-11H,5-8,20H2,1H3,(H,21,23). The van der Waals surface area contributed by atoms with Gasteiger partial charge in [-0.3, -0.25) is 4.79 Å². The van der Waals surface area contributed by atoms with Gasteiger partial charge in [0.1, 0.15) is 0 Å². The molecule has 3 rings (SSSR count). The fourth-order valence-electron chi connectivity index (χ4n) is 2.80. The van der Waals surface area contributed by atoms with E-state index in [9.17, 15) is 4.79 Å². The Morgan fingerprint density at radius 3 is 2.71 bits per heavy atom. The van der Waals surface area contributed by atoms with Crippen LogP contribution in [0.25, 0.3) is 0 Å². The number of nitrogen functional groups attached to an aromatic ring is 1. The van der Waals surface area contributed by atoms with Crippen LogP contribution in [0.4, 0.5) is 17.1 Å². The number of rotatable bonds is 3. The van der Waals surface area contributed by atoms with Crippen LogP contribution in [0.2, 0.25) is 5.02 Å². The molecule has 0 unspecified atom stereocenters. The van der Waals surface area contributed by atoms with Crippen LogP contribution >= 0.6 is 11.6 Å². The number of aryl methyl sites for hydroxylation is 1. The molecule has 3 N–H and O–H groups in total. The smallest absolute Gasteiger partial charge is 0.255 e. The van der Waals surface area contributed by atoms with Gasteiger partial charge in [-0.05, 0) is 42.8 Å². The molecule has 0 saturated carbocycles. The minimum absolute atomic E-state index is 0.235. The predicted octanol–water partition coefficient (Wildman–Crippen LogP) is 3.32. The summed E-state index contributed by atoms with van der Waals surface area (Å²) in [6.45, 7) is 5.07. The largest absolute Gasteiger partial charge is 0.397 e. The van der Waals surface area contributed by atoms with Crippen LogP contribution in [0.15, 0.2) is 36.4 Å². The monoisotopic (exact) mass is 345 g/mol. The summed E-state index contributed by atoms with van der Waals surface area (Å²) in [6, 6.07) is 10.6. The van der Waals surface area contributed by atoms with Crippen molar-refractivity contribution in [2.45, 2.75) is 6.92 Å². The minimum atomic E-state index is -0.235. The number of nitrogens with two attached hydrogens (primary N) is 1. The van der Waals surface area contributed by atoms with E-state index in [4.69, 9.17) is 22.1 Å². The van der Waals surface area contributed by atoms with Crippen molar-refractivity contribution in [1.82, 2.24) is 0 Å². The third kappa shape index (κ3) is 3.63. The number of morpholine rings is 1. The van der Waals surface area contributed by atoms with Gasteiger partial charge in [0, 0.05) is 29.4 Å². The first-order valence-electron chi connectivity index (χ1n) is 7.84. The highest BCUT2D eigenvalue weighted by Gasteiger charge is 2.16. The van der Waals surface area contributed by atoms with Crippen LogP contribution in [-0.4, -0.2) is 32.2 Å². The van der Waals surface area contributed by atoms with Crippen LogP contribution < -0.4 is 16.0 Å². The summed E-state index contributed by atoms with van der Waals surface area (Å²) >= 11 is 5.95. The summed E-state index contributed by atoms with van der Waals surface area (Å²) in [5.41, 5.74) is 9.88. The van der Waals surface area contributed by atoms with Gasteiger partial charge in [0.25, 0.3) is 5.91 Å². The van der Waals surface area contributed by atoms with Crippen molar-refractivity contribution in [3.05, 3.63) is 52.5 Å². The Morgan fingerprint density at radius 2 is 2.00 bits per heavy atom. The van der Waals surface area contributed by atoms with Crippen LogP contribution in [0.1, 0.15) is 15.9 Å². The van der Waals surface area contributed by atoms with E-state index in [1.165, 1.54) is 0 Å². The van der Waals surface area contributed by atoms with E-state index < -0.39 is 0 Å². The van der Waals surface area contributed by atoms with Gasteiger partial charge < -0.3 is 20.7 Å². The lowest BCUT2D eigenvalue weighted by molar-refractivity contribution is 0.102. The molecule has 5 nitrogen and oxygen atoms in total. The first kappa shape index (κ1) is 16.6. The van der Waals surface area contributed by atoms with Crippen LogP contribution in [-0.2, 0) is 4.74 Å². The lowest BCUT2D eigenvalue weighted by Gasteiger charge is -2.30. The lowest BCUT2D eigenvalue weighted by Crippen LogP contribution is -2.36. The second-order valence-corrected chi connectivity index (χ2v) is 6.23. The third-order valence-electron chi connectivity index (χ3n) is 4.05. The molecule has 6 heteroatoms. The van der Waals surface area contributed by atoms with E-state index in [1.807, 2.05) is 19.1 Å². The Hall–Kier alpha value is -2.24. The molecule has 0 atom stereocenters. The molecule has 0 spiro atoms. The third-order valence-corrected chi connectivity index (χ3v) is 4.29. The van der Waals surface area contributed by atoms with Crippen molar-refractivity contribution in [1.29, 1.82) is 0 Å². The zero-order valence-electron chi connectivity index (χ0n) is 13.5. The SMILES string of the molecule is Cc1cc(N)c(NC(=O)c2cccc(Cl)c2)cc1N1CCOCC1. The van der Waals surface area contributed by atoms with Crippen LogP contribution in [0.3, 0.4) is 0 Å². The van der Waals surface area contributed by atoms with Crippen molar-refractivity contribution >= 4 is 34.6 Å². The number of nitrogens with one attached hydrogen (secondary N) is 1. The molecule has 0 aliphatic carbocycles. The molecule has 2 aromatic rings. The Labute approximate surface area is 146 Å². The first-order chi connectivity index (χ1) is 11.5.